The molecule has 0 spiro atoms. The Bertz CT molecular complexity index is 877. The highest BCUT2D eigenvalue weighted by Crippen LogP contribution is 2.24. The van der Waals surface area contributed by atoms with Crippen molar-refractivity contribution in [2.75, 3.05) is 39.5 Å². The monoisotopic (exact) mass is 372 g/mol. The van der Waals surface area contributed by atoms with Crippen molar-refractivity contribution in [1.82, 2.24) is 19.5 Å². The van der Waals surface area contributed by atoms with E-state index in [2.05, 4.69) is 15.0 Å². The number of imidazole rings is 1. The van der Waals surface area contributed by atoms with E-state index in [0.29, 0.717) is 17.5 Å². The van der Waals surface area contributed by atoms with E-state index >= 15 is 0 Å². The number of morpholine rings is 1. The minimum atomic E-state index is 0.598. The van der Waals surface area contributed by atoms with Gasteiger partial charge in [0, 0.05) is 36.3 Å². The van der Waals surface area contributed by atoms with Crippen LogP contribution in [0.5, 0.6) is 5.88 Å². The molecule has 3 heterocycles. The van der Waals surface area contributed by atoms with Crippen molar-refractivity contribution in [2.24, 2.45) is 0 Å². The third-order valence-corrected chi connectivity index (χ3v) is 4.67. The maximum absolute atomic E-state index is 6.11. The van der Waals surface area contributed by atoms with Gasteiger partial charge in [-0.25, -0.2) is 9.50 Å². The van der Waals surface area contributed by atoms with Crippen molar-refractivity contribution in [3.63, 3.8) is 0 Å². The predicted molar refractivity (Wildman–Crippen MR) is 101 cm³/mol. The molecular weight excluding hydrogens is 352 g/mol. The number of nitrogens with zero attached hydrogens (tertiary/aromatic N) is 4. The molecule has 26 heavy (non-hydrogen) atoms. The Hall–Kier alpha value is -2.15. The third kappa shape index (κ3) is 3.98. The van der Waals surface area contributed by atoms with Gasteiger partial charge in [-0.05, 0) is 24.6 Å². The highest BCUT2D eigenvalue weighted by Gasteiger charge is 2.11. The van der Waals surface area contributed by atoms with E-state index in [1.807, 2.05) is 36.4 Å². The molecule has 4 rings (SSSR count). The Morgan fingerprint density at radius 2 is 2.04 bits per heavy atom. The molecule has 1 aliphatic rings. The van der Waals surface area contributed by atoms with Crippen molar-refractivity contribution < 1.29 is 9.47 Å². The summed E-state index contributed by atoms with van der Waals surface area (Å²) in [5, 5.41) is 5.27. The second-order valence-corrected chi connectivity index (χ2v) is 6.69. The smallest absolute Gasteiger partial charge is 0.231 e. The van der Waals surface area contributed by atoms with Crippen molar-refractivity contribution in [3.8, 4) is 17.1 Å². The molecule has 1 aliphatic heterocycles. The lowest BCUT2D eigenvalue weighted by atomic mass is 10.2. The van der Waals surface area contributed by atoms with Crippen LogP contribution < -0.4 is 4.74 Å². The lowest BCUT2D eigenvalue weighted by Crippen LogP contribution is -2.37. The summed E-state index contributed by atoms with van der Waals surface area (Å²) in [7, 11) is 0. The van der Waals surface area contributed by atoms with E-state index in [9.17, 15) is 0 Å². The Morgan fingerprint density at radius 3 is 2.88 bits per heavy atom. The molecule has 7 heteroatoms. The molecule has 1 aromatic carbocycles. The van der Waals surface area contributed by atoms with Gasteiger partial charge in [-0.15, -0.1) is 5.10 Å². The minimum Gasteiger partial charge on any atom is -0.477 e. The second kappa shape index (κ2) is 8.03. The summed E-state index contributed by atoms with van der Waals surface area (Å²) in [6, 6.07) is 11.4. The normalized spacial score (nSPS) is 15.4. The highest BCUT2D eigenvalue weighted by molar-refractivity contribution is 6.30. The average Bonchev–Trinajstić information content (AvgIpc) is 3.09. The molecule has 0 unspecified atom stereocenters. The fourth-order valence-electron chi connectivity index (χ4n) is 3.07. The molecule has 0 bridgehead atoms. The van der Waals surface area contributed by atoms with Gasteiger partial charge in [0.15, 0.2) is 5.65 Å². The van der Waals surface area contributed by atoms with E-state index in [0.717, 1.165) is 56.2 Å². The molecule has 0 aliphatic carbocycles. The molecule has 0 amide bonds. The molecule has 0 radical (unpaired) electrons. The third-order valence-electron chi connectivity index (χ3n) is 4.43. The molecule has 0 saturated carbocycles. The number of rotatable bonds is 6. The zero-order valence-corrected chi connectivity index (χ0v) is 15.2. The summed E-state index contributed by atoms with van der Waals surface area (Å²) in [5.41, 5.74) is 2.64. The van der Waals surface area contributed by atoms with Crippen LogP contribution in [0.3, 0.4) is 0 Å². The SMILES string of the molecule is Clc1cccc(-c2cnc3ccc(OCCCN4CCOCC4)nn23)c1. The van der Waals surface area contributed by atoms with E-state index < -0.39 is 0 Å². The van der Waals surface area contributed by atoms with Gasteiger partial charge in [0.05, 0.1) is 31.7 Å². The predicted octanol–water partition coefficient (Wildman–Crippen LogP) is 3.15. The Labute approximate surface area is 157 Å². The van der Waals surface area contributed by atoms with Crippen LogP contribution in [0.2, 0.25) is 5.02 Å². The summed E-state index contributed by atoms with van der Waals surface area (Å²) >= 11 is 6.11. The van der Waals surface area contributed by atoms with Crippen LogP contribution in [0.1, 0.15) is 6.42 Å². The second-order valence-electron chi connectivity index (χ2n) is 6.25. The van der Waals surface area contributed by atoms with Crippen molar-refractivity contribution in [1.29, 1.82) is 0 Å². The number of fused-ring (bicyclic) bond motifs is 1. The molecule has 1 saturated heterocycles. The molecule has 0 N–H and O–H groups in total. The topological polar surface area (TPSA) is 51.9 Å². The zero-order chi connectivity index (χ0) is 17.8. The lowest BCUT2D eigenvalue weighted by molar-refractivity contribution is 0.0357. The van der Waals surface area contributed by atoms with E-state index in [1.165, 1.54) is 0 Å². The Kier molecular flexibility index (Phi) is 5.34. The van der Waals surface area contributed by atoms with Crippen molar-refractivity contribution in [2.45, 2.75) is 6.42 Å². The number of halogens is 1. The largest absolute Gasteiger partial charge is 0.477 e. The molecule has 0 atom stereocenters. The van der Waals surface area contributed by atoms with Gasteiger partial charge >= 0.3 is 0 Å². The van der Waals surface area contributed by atoms with Crippen LogP contribution in [-0.4, -0.2) is 59.0 Å². The van der Waals surface area contributed by atoms with Crippen LogP contribution in [0.25, 0.3) is 16.9 Å². The number of aromatic nitrogens is 3. The van der Waals surface area contributed by atoms with Gasteiger partial charge in [-0.3, -0.25) is 4.90 Å². The summed E-state index contributed by atoms with van der Waals surface area (Å²) in [4.78, 5) is 6.81. The van der Waals surface area contributed by atoms with Gasteiger partial charge in [-0.2, -0.15) is 0 Å². The molecule has 136 valence electrons. The van der Waals surface area contributed by atoms with Crippen LogP contribution in [0.15, 0.2) is 42.6 Å². The molecule has 1 fully saturated rings. The minimum absolute atomic E-state index is 0.598. The first-order valence-electron chi connectivity index (χ1n) is 8.83. The summed E-state index contributed by atoms with van der Waals surface area (Å²) < 4.78 is 13.0. The summed E-state index contributed by atoms with van der Waals surface area (Å²) in [6.07, 6.45) is 2.76. The number of ether oxygens (including phenoxy) is 2. The van der Waals surface area contributed by atoms with Crippen molar-refractivity contribution in [3.05, 3.63) is 47.6 Å². The number of hydrogen-bond donors (Lipinski definition) is 0. The summed E-state index contributed by atoms with van der Waals surface area (Å²) in [5.74, 6) is 0.598. The maximum atomic E-state index is 6.11. The first-order valence-corrected chi connectivity index (χ1v) is 9.21. The average molecular weight is 373 g/mol. The molecule has 2 aromatic heterocycles. The lowest BCUT2D eigenvalue weighted by Gasteiger charge is -2.26. The Balaban J connectivity index is 1.42. The van der Waals surface area contributed by atoms with Crippen molar-refractivity contribution >= 4 is 17.2 Å². The quantitative estimate of drug-likeness (QED) is 0.622. The van der Waals surface area contributed by atoms with E-state index in [4.69, 9.17) is 21.1 Å². The summed E-state index contributed by atoms with van der Waals surface area (Å²) in [6.45, 7) is 5.31. The van der Waals surface area contributed by atoms with Gasteiger partial charge in [0.1, 0.15) is 0 Å². The fourth-order valence-corrected chi connectivity index (χ4v) is 3.26. The Morgan fingerprint density at radius 1 is 1.15 bits per heavy atom. The van der Waals surface area contributed by atoms with Gasteiger partial charge in [0.25, 0.3) is 0 Å². The zero-order valence-electron chi connectivity index (χ0n) is 14.5. The van der Waals surface area contributed by atoms with Gasteiger partial charge in [-0.1, -0.05) is 23.7 Å². The maximum Gasteiger partial charge on any atom is 0.231 e. The van der Waals surface area contributed by atoms with E-state index in [1.54, 1.807) is 10.7 Å². The van der Waals surface area contributed by atoms with Crippen LogP contribution in [-0.2, 0) is 4.74 Å². The van der Waals surface area contributed by atoms with Crippen LogP contribution in [0.4, 0.5) is 0 Å². The molecular formula is C19H21ClN4O2. The number of benzene rings is 1. The first kappa shape index (κ1) is 17.3. The van der Waals surface area contributed by atoms with Crippen LogP contribution >= 0.6 is 11.6 Å². The fraction of sp³-hybridized carbons (Fsp3) is 0.368. The van der Waals surface area contributed by atoms with Gasteiger partial charge in [0.2, 0.25) is 5.88 Å². The van der Waals surface area contributed by atoms with Crippen LogP contribution in [0, 0.1) is 0 Å². The number of hydrogen-bond acceptors (Lipinski definition) is 5. The highest BCUT2D eigenvalue weighted by atomic mass is 35.5. The molecule has 6 nitrogen and oxygen atoms in total. The van der Waals surface area contributed by atoms with E-state index in [-0.39, 0.29) is 0 Å². The standard InChI is InChI=1S/C19H21ClN4O2/c20-16-4-1-3-15(13-16)17-14-21-18-5-6-19(22-24(17)18)26-10-2-7-23-8-11-25-12-9-23/h1,3-6,13-14H,2,7-12H2. The molecule has 3 aromatic rings. The first-order chi connectivity index (χ1) is 12.8. The van der Waals surface area contributed by atoms with Gasteiger partial charge < -0.3 is 9.47 Å².